The van der Waals surface area contributed by atoms with Crippen molar-refractivity contribution in [1.29, 1.82) is 0 Å². The number of benzene rings is 1. The monoisotopic (exact) mass is 573 g/mol. The van der Waals surface area contributed by atoms with Gasteiger partial charge in [0.2, 0.25) is 17.6 Å². The van der Waals surface area contributed by atoms with Crippen LogP contribution in [0.1, 0.15) is 36.2 Å². The van der Waals surface area contributed by atoms with Crippen LogP contribution in [0.15, 0.2) is 65.2 Å². The highest BCUT2D eigenvalue weighted by Gasteiger charge is 2.34. The van der Waals surface area contributed by atoms with Gasteiger partial charge in [-0.2, -0.15) is 0 Å². The van der Waals surface area contributed by atoms with E-state index in [4.69, 9.17) is 25.7 Å². The van der Waals surface area contributed by atoms with Crippen LogP contribution in [0.3, 0.4) is 0 Å². The molecule has 2 aliphatic rings. The molecular formula is C30H28ClN5O5. The lowest BCUT2D eigenvalue weighted by molar-refractivity contribution is -0.146. The number of anilines is 2. The Labute approximate surface area is 241 Å². The number of carbonyl (C=O) groups is 3. The van der Waals surface area contributed by atoms with E-state index in [1.807, 2.05) is 41.3 Å². The lowest BCUT2D eigenvalue weighted by atomic mass is 9.84. The molecule has 4 aromatic rings. The zero-order chi connectivity index (χ0) is 28.3. The third kappa shape index (κ3) is 5.79. The molecule has 41 heavy (non-hydrogen) atoms. The molecule has 0 bridgehead atoms. The Hall–Kier alpha value is -4.28. The van der Waals surface area contributed by atoms with E-state index in [2.05, 4.69) is 15.6 Å². The molecule has 0 atom stereocenters. The molecule has 1 aromatic carbocycles. The van der Waals surface area contributed by atoms with Crippen LogP contribution in [0.2, 0.25) is 5.02 Å². The first-order valence-corrected chi connectivity index (χ1v) is 13.9. The fourth-order valence-corrected chi connectivity index (χ4v) is 5.55. The predicted molar refractivity (Wildman–Crippen MR) is 154 cm³/mol. The van der Waals surface area contributed by atoms with Crippen molar-refractivity contribution in [3.63, 3.8) is 0 Å². The van der Waals surface area contributed by atoms with Crippen LogP contribution in [-0.4, -0.2) is 58.4 Å². The largest absolute Gasteiger partial charge is 0.447 e. The van der Waals surface area contributed by atoms with Gasteiger partial charge in [0.1, 0.15) is 23.6 Å². The first-order valence-electron chi connectivity index (χ1n) is 13.6. The Balaban J connectivity index is 1.26. The summed E-state index contributed by atoms with van der Waals surface area (Å²) in [5.74, 6) is -0.867. The minimum absolute atomic E-state index is 0.000134. The van der Waals surface area contributed by atoms with Gasteiger partial charge in [-0.1, -0.05) is 41.9 Å². The molecule has 1 saturated heterocycles. The van der Waals surface area contributed by atoms with E-state index in [9.17, 15) is 14.4 Å². The third-order valence-corrected chi connectivity index (χ3v) is 7.78. The smallest absolute Gasteiger partial charge is 0.294 e. The summed E-state index contributed by atoms with van der Waals surface area (Å²) < 4.78 is 11.2. The van der Waals surface area contributed by atoms with Gasteiger partial charge in [-0.3, -0.25) is 14.4 Å². The van der Waals surface area contributed by atoms with Crippen molar-refractivity contribution in [3.05, 3.63) is 71.6 Å². The first kappa shape index (κ1) is 26.9. The number of pyridine rings is 2. The summed E-state index contributed by atoms with van der Waals surface area (Å²) in [6, 6.07) is 16.5. The number of fused-ring (bicyclic) bond motifs is 1. The number of furan rings is 1. The van der Waals surface area contributed by atoms with Crippen molar-refractivity contribution in [1.82, 2.24) is 14.9 Å². The number of amides is 3. The second kappa shape index (κ2) is 11.7. The van der Waals surface area contributed by atoms with Gasteiger partial charge < -0.3 is 24.7 Å². The normalized spacial score (nSPS) is 19.2. The molecule has 2 fully saturated rings. The second-order valence-corrected chi connectivity index (χ2v) is 10.6. The van der Waals surface area contributed by atoms with Crippen molar-refractivity contribution in [2.75, 3.05) is 30.4 Å². The first-order chi connectivity index (χ1) is 20.0. The molecule has 0 radical (unpaired) electrons. The molecule has 1 aliphatic heterocycles. The van der Waals surface area contributed by atoms with E-state index in [-0.39, 0.29) is 47.6 Å². The lowest BCUT2D eigenvalue weighted by Crippen LogP contribution is -2.49. The van der Waals surface area contributed by atoms with Crippen molar-refractivity contribution < 1.29 is 23.5 Å². The Morgan fingerprint density at radius 3 is 2.51 bits per heavy atom. The fourth-order valence-electron chi connectivity index (χ4n) is 5.44. The summed E-state index contributed by atoms with van der Waals surface area (Å²) in [6.07, 6.45) is 4.11. The molecule has 0 spiro atoms. The number of hydrogen-bond donors (Lipinski definition) is 2. The van der Waals surface area contributed by atoms with Crippen LogP contribution in [0.4, 0.5) is 11.5 Å². The van der Waals surface area contributed by atoms with Gasteiger partial charge in [0.15, 0.2) is 5.58 Å². The number of nitrogens with zero attached hydrogens (tertiary/aromatic N) is 3. The number of nitrogens with one attached hydrogen (secondary N) is 2. The fraction of sp³-hybridized carbons (Fsp3) is 0.300. The minimum atomic E-state index is -0.580. The molecule has 210 valence electrons. The van der Waals surface area contributed by atoms with Crippen LogP contribution >= 0.6 is 11.6 Å². The summed E-state index contributed by atoms with van der Waals surface area (Å²) in [6.45, 7) is 1.23. The maximum atomic E-state index is 13.5. The van der Waals surface area contributed by atoms with E-state index in [0.29, 0.717) is 47.8 Å². The van der Waals surface area contributed by atoms with E-state index >= 15 is 0 Å². The Bertz CT molecular complexity index is 1580. The molecule has 11 heteroatoms. The highest BCUT2D eigenvalue weighted by Crippen LogP contribution is 2.35. The van der Waals surface area contributed by atoms with Gasteiger partial charge in [0.05, 0.1) is 17.3 Å². The second-order valence-electron chi connectivity index (χ2n) is 10.2. The number of carbonyl (C=O) groups excluding carboxylic acids is 3. The molecule has 3 aromatic heterocycles. The molecule has 1 aliphatic carbocycles. The Morgan fingerprint density at radius 1 is 0.976 bits per heavy atom. The van der Waals surface area contributed by atoms with Gasteiger partial charge >= 0.3 is 0 Å². The highest BCUT2D eigenvalue weighted by atomic mass is 35.5. The van der Waals surface area contributed by atoms with Crippen LogP contribution in [0.5, 0.6) is 0 Å². The number of halogens is 1. The molecular weight excluding hydrogens is 546 g/mol. The van der Waals surface area contributed by atoms with Crippen molar-refractivity contribution in [2.24, 2.45) is 5.92 Å². The number of morpholine rings is 1. The van der Waals surface area contributed by atoms with Crippen molar-refractivity contribution in [3.8, 4) is 11.3 Å². The SMILES string of the molecule is O=C(Nc1ccc(Cl)cn1)c1oc2ccc(-c3ccccc3)nc2c1NC(=O)C1CCC(N2CCOCC2=O)CC1. The van der Waals surface area contributed by atoms with Gasteiger partial charge in [-0.25, -0.2) is 9.97 Å². The highest BCUT2D eigenvalue weighted by molar-refractivity contribution is 6.30. The maximum Gasteiger partial charge on any atom is 0.294 e. The minimum Gasteiger partial charge on any atom is -0.447 e. The van der Waals surface area contributed by atoms with Gasteiger partial charge in [0.25, 0.3) is 5.91 Å². The van der Waals surface area contributed by atoms with Crippen LogP contribution in [-0.2, 0) is 14.3 Å². The zero-order valence-electron chi connectivity index (χ0n) is 22.1. The van der Waals surface area contributed by atoms with Crippen molar-refractivity contribution >= 4 is 51.9 Å². The van der Waals surface area contributed by atoms with Crippen LogP contribution in [0.25, 0.3) is 22.4 Å². The van der Waals surface area contributed by atoms with E-state index in [1.54, 1.807) is 18.2 Å². The molecule has 3 amide bonds. The number of hydrogen-bond acceptors (Lipinski definition) is 7. The number of rotatable bonds is 6. The standard InChI is InChI=1S/C30H28ClN5O5/c31-20-8-13-24(32-16-20)34-30(39)28-27(26-23(41-28)12-11-22(33-26)18-4-2-1-3-5-18)35-29(38)19-6-9-21(10-7-19)36-14-15-40-17-25(36)37/h1-5,8,11-13,16,19,21H,6-7,9-10,14-15,17H2,(H,35,38)(H,32,34,39). The maximum absolute atomic E-state index is 13.5. The van der Waals surface area contributed by atoms with Gasteiger partial charge in [-0.15, -0.1) is 0 Å². The molecule has 2 N–H and O–H groups in total. The van der Waals surface area contributed by atoms with Crippen molar-refractivity contribution in [2.45, 2.75) is 31.7 Å². The van der Waals surface area contributed by atoms with E-state index in [0.717, 1.165) is 18.4 Å². The van der Waals surface area contributed by atoms with Crippen LogP contribution < -0.4 is 10.6 Å². The van der Waals surface area contributed by atoms with Gasteiger partial charge in [0, 0.05) is 30.3 Å². The quantitative estimate of drug-likeness (QED) is 0.326. The van der Waals surface area contributed by atoms with E-state index in [1.165, 1.54) is 6.20 Å². The summed E-state index contributed by atoms with van der Waals surface area (Å²) >= 11 is 5.93. The summed E-state index contributed by atoms with van der Waals surface area (Å²) in [4.78, 5) is 49.9. The molecule has 1 saturated carbocycles. The molecule has 4 heterocycles. The van der Waals surface area contributed by atoms with E-state index < -0.39 is 5.91 Å². The number of ether oxygens (including phenoxy) is 1. The predicted octanol–water partition coefficient (Wildman–Crippen LogP) is 5.15. The van der Waals surface area contributed by atoms with Gasteiger partial charge in [-0.05, 0) is 49.9 Å². The average Bonchev–Trinajstić information content (AvgIpc) is 3.36. The molecule has 10 nitrogen and oxygen atoms in total. The number of aromatic nitrogens is 2. The summed E-state index contributed by atoms with van der Waals surface area (Å²) in [7, 11) is 0. The third-order valence-electron chi connectivity index (χ3n) is 7.56. The lowest BCUT2D eigenvalue weighted by Gasteiger charge is -2.38. The topological polar surface area (TPSA) is 127 Å². The average molecular weight is 574 g/mol. The Morgan fingerprint density at radius 2 is 1.78 bits per heavy atom. The molecule has 0 unspecified atom stereocenters. The molecule has 6 rings (SSSR count). The van der Waals surface area contributed by atoms with Crippen LogP contribution in [0, 0.1) is 5.92 Å². The Kier molecular flexibility index (Phi) is 7.67. The zero-order valence-corrected chi connectivity index (χ0v) is 22.9. The summed E-state index contributed by atoms with van der Waals surface area (Å²) in [5.41, 5.74) is 2.52. The summed E-state index contributed by atoms with van der Waals surface area (Å²) in [5, 5.41) is 6.10.